The monoisotopic (exact) mass is 408 g/mol. The Kier molecular flexibility index (Phi) is 7.27. The zero-order chi connectivity index (χ0) is 20.0. The molecule has 0 fully saturated rings. The minimum atomic E-state index is -3.66. The van der Waals surface area contributed by atoms with Crippen molar-refractivity contribution < 1.29 is 13.2 Å². The van der Waals surface area contributed by atoms with Crippen LogP contribution in [0.15, 0.2) is 54.6 Å². The van der Waals surface area contributed by atoms with Gasteiger partial charge in [-0.15, -0.1) is 0 Å². The van der Waals surface area contributed by atoms with Gasteiger partial charge in [0.15, 0.2) is 0 Å². The molecule has 1 N–H and O–H groups in total. The van der Waals surface area contributed by atoms with Crippen LogP contribution in [0.5, 0.6) is 0 Å². The first-order valence-electron chi connectivity index (χ1n) is 8.88. The van der Waals surface area contributed by atoms with Crippen LogP contribution in [0.4, 0.5) is 5.69 Å². The Morgan fingerprint density at radius 1 is 1.04 bits per heavy atom. The molecule has 2 rings (SSSR count). The van der Waals surface area contributed by atoms with Crippen LogP contribution in [-0.4, -0.2) is 26.6 Å². The molecule has 27 heavy (non-hydrogen) atoms. The minimum absolute atomic E-state index is 0.181. The maximum absolute atomic E-state index is 13.0. The standard InChI is InChI=1S/C20H25ClN2O3S/c1-4-18(15-9-7-6-8-10-15)22-20(24)19(5-2)23(27(3,25)26)17-13-11-16(21)12-14-17/h6-14,18-19H,4-5H2,1-3H3,(H,22,24)/t18-,19+/m1/s1. The highest BCUT2D eigenvalue weighted by Crippen LogP contribution is 2.25. The third kappa shape index (κ3) is 5.47. The molecular weight excluding hydrogens is 384 g/mol. The summed E-state index contributed by atoms with van der Waals surface area (Å²) in [7, 11) is -3.66. The molecule has 5 nitrogen and oxygen atoms in total. The molecule has 0 saturated heterocycles. The molecule has 0 aliphatic heterocycles. The normalized spacial score (nSPS) is 13.6. The fraction of sp³-hybridized carbons (Fsp3) is 0.350. The van der Waals surface area contributed by atoms with E-state index < -0.39 is 16.1 Å². The molecule has 0 aliphatic rings. The van der Waals surface area contributed by atoms with Crippen LogP contribution in [0.25, 0.3) is 0 Å². The minimum Gasteiger partial charge on any atom is -0.347 e. The topological polar surface area (TPSA) is 66.5 Å². The Hall–Kier alpha value is -2.05. The van der Waals surface area contributed by atoms with Gasteiger partial charge in [0, 0.05) is 5.02 Å². The number of carbonyl (C=O) groups is 1. The molecule has 0 aliphatic carbocycles. The lowest BCUT2D eigenvalue weighted by Crippen LogP contribution is -2.50. The van der Waals surface area contributed by atoms with E-state index in [0.29, 0.717) is 23.6 Å². The van der Waals surface area contributed by atoms with Crippen molar-refractivity contribution in [2.45, 2.75) is 38.8 Å². The van der Waals surface area contributed by atoms with Crippen LogP contribution >= 0.6 is 11.6 Å². The number of nitrogens with one attached hydrogen (secondary N) is 1. The van der Waals surface area contributed by atoms with Crippen molar-refractivity contribution in [3.63, 3.8) is 0 Å². The van der Waals surface area contributed by atoms with Crippen molar-refractivity contribution in [1.82, 2.24) is 5.32 Å². The van der Waals surface area contributed by atoms with Crippen molar-refractivity contribution in [2.75, 3.05) is 10.6 Å². The molecule has 0 unspecified atom stereocenters. The van der Waals surface area contributed by atoms with Gasteiger partial charge in [0.2, 0.25) is 15.9 Å². The number of benzene rings is 2. The lowest BCUT2D eigenvalue weighted by Gasteiger charge is -2.31. The lowest BCUT2D eigenvalue weighted by molar-refractivity contribution is -0.123. The summed E-state index contributed by atoms with van der Waals surface area (Å²) >= 11 is 5.91. The van der Waals surface area contributed by atoms with E-state index in [4.69, 9.17) is 11.6 Å². The average Bonchev–Trinajstić information content (AvgIpc) is 2.64. The Morgan fingerprint density at radius 3 is 2.11 bits per heavy atom. The number of sulfonamides is 1. The number of amides is 1. The SMILES string of the molecule is CC[C@@H](NC(=O)[C@H](CC)N(c1ccc(Cl)cc1)S(C)(=O)=O)c1ccccc1. The van der Waals surface area contributed by atoms with E-state index in [1.54, 1.807) is 31.2 Å². The molecule has 0 spiro atoms. The van der Waals surface area contributed by atoms with Gasteiger partial charge in [-0.1, -0.05) is 55.8 Å². The van der Waals surface area contributed by atoms with Crippen LogP contribution in [0, 0.1) is 0 Å². The molecule has 0 radical (unpaired) electrons. The van der Waals surface area contributed by atoms with Crippen molar-refractivity contribution >= 4 is 33.2 Å². The molecule has 2 aromatic carbocycles. The predicted octanol–water partition coefficient (Wildman–Crippen LogP) is 4.15. The number of carbonyl (C=O) groups excluding carboxylic acids is 1. The zero-order valence-corrected chi connectivity index (χ0v) is 17.3. The maximum Gasteiger partial charge on any atom is 0.244 e. The quantitative estimate of drug-likeness (QED) is 0.713. The average molecular weight is 409 g/mol. The van der Waals surface area contributed by atoms with E-state index in [2.05, 4.69) is 5.32 Å². The van der Waals surface area contributed by atoms with Crippen molar-refractivity contribution in [3.05, 3.63) is 65.2 Å². The molecule has 7 heteroatoms. The summed E-state index contributed by atoms with van der Waals surface area (Å²) in [5.41, 5.74) is 1.40. The first-order valence-corrected chi connectivity index (χ1v) is 11.1. The highest BCUT2D eigenvalue weighted by Gasteiger charge is 2.32. The number of anilines is 1. The van der Waals surface area contributed by atoms with Gasteiger partial charge in [-0.25, -0.2) is 8.42 Å². The molecule has 0 aromatic heterocycles. The largest absolute Gasteiger partial charge is 0.347 e. The van der Waals surface area contributed by atoms with Crippen molar-refractivity contribution in [3.8, 4) is 0 Å². The number of halogens is 1. The van der Waals surface area contributed by atoms with Gasteiger partial charge >= 0.3 is 0 Å². The third-order valence-electron chi connectivity index (χ3n) is 4.34. The van der Waals surface area contributed by atoms with E-state index in [-0.39, 0.29) is 11.9 Å². The Bertz CT molecular complexity index is 855. The van der Waals surface area contributed by atoms with E-state index in [9.17, 15) is 13.2 Å². The second kappa shape index (κ2) is 9.24. The summed E-state index contributed by atoms with van der Waals surface area (Å²) in [6, 6.07) is 15.0. The van der Waals surface area contributed by atoms with Gasteiger partial charge in [-0.05, 0) is 42.7 Å². The second-order valence-electron chi connectivity index (χ2n) is 6.34. The predicted molar refractivity (Wildman–Crippen MR) is 110 cm³/mol. The van der Waals surface area contributed by atoms with Gasteiger partial charge in [-0.3, -0.25) is 9.10 Å². The highest BCUT2D eigenvalue weighted by atomic mass is 35.5. The Morgan fingerprint density at radius 2 is 1.63 bits per heavy atom. The lowest BCUT2D eigenvalue weighted by atomic mass is 10.0. The first-order chi connectivity index (χ1) is 12.8. The van der Waals surface area contributed by atoms with E-state index in [0.717, 1.165) is 16.1 Å². The summed E-state index contributed by atoms with van der Waals surface area (Å²) in [5, 5.41) is 3.50. The first kappa shape index (κ1) is 21.3. The van der Waals surface area contributed by atoms with E-state index in [1.165, 1.54) is 0 Å². The van der Waals surface area contributed by atoms with Gasteiger partial charge in [0.05, 0.1) is 18.0 Å². The molecule has 0 saturated carbocycles. The van der Waals surface area contributed by atoms with Crippen LogP contribution in [0.1, 0.15) is 38.3 Å². The molecule has 1 amide bonds. The smallest absolute Gasteiger partial charge is 0.244 e. The summed E-state index contributed by atoms with van der Waals surface area (Å²) in [5.74, 6) is -0.325. The molecular formula is C20H25ClN2O3S. The summed E-state index contributed by atoms with van der Waals surface area (Å²) < 4.78 is 26.1. The van der Waals surface area contributed by atoms with Gasteiger partial charge in [0.25, 0.3) is 0 Å². The Labute approximate surface area is 166 Å². The van der Waals surface area contributed by atoms with Crippen LogP contribution in [0.2, 0.25) is 5.02 Å². The number of rotatable bonds is 8. The maximum atomic E-state index is 13.0. The summed E-state index contributed by atoms with van der Waals surface area (Å²) in [6.07, 6.45) is 2.14. The van der Waals surface area contributed by atoms with E-state index in [1.807, 2.05) is 37.3 Å². The zero-order valence-electron chi connectivity index (χ0n) is 15.7. The van der Waals surface area contributed by atoms with Gasteiger partial charge in [0.1, 0.15) is 6.04 Å². The highest BCUT2D eigenvalue weighted by molar-refractivity contribution is 7.92. The molecule has 0 heterocycles. The van der Waals surface area contributed by atoms with Gasteiger partial charge < -0.3 is 5.32 Å². The third-order valence-corrected chi connectivity index (χ3v) is 5.77. The summed E-state index contributed by atoms with van der Waals surface area (Å²) in [4.78, 5) is 13.0. The molecule has 146 valence electrons. The molecule has 0 bridgehead atoms. The molecule has 2 aromatic rings. The van der Waals surface area contributed by atoms with Crippen LogP contribution in [0.3, 0.4) is 0 Å². The van der Waals surface area contributed by atoms with Crippen LogP contribution < -0.4 is 9.62 Å². The van der Waals surface area contributed by atoms with E-state index >= 15 is 0 Å². The van der Waals surface area contributed by atoms with Crippen LogP contribution in [-0.2, 0) is 14.8 Å². The summed E-state index contributed by atoms with van der Waals surface area (Å²) in [6.45, 7) is 3.77. The number of nitrogens with zero attached hydrogens (tertiary/aromatic N) is 1. The van der Waals surface area contributed by atoms with Crippen molar-refractivity contribution in [1.29, 1.82) is 0 Å². The fourth-order valence-corrected chi connectivity index (χ4v) is 4.36. The van der Waals surface area contributed by atoms with Gasteiger partial charge in [-0.2, -0.15) is 0 Å². The number of hydrogen-bond acceptors (Lipinski definition) is 3. The Balaban J connectivity index is 2.32. The van der Waals surface area contributed by atoms with Crippen molar-refractivity contribution in [2.24, 2.45) is 0 Å². The second-order valence-corrected chi connectivity index (χ2v) is 8.64. The fourth-order valence-electron chi connectivity index (χ4n) is 3.02. The molecule has 2 atom stereocenters. The number of hydrogen-bond donors (Lipinski definition) is 1.